The molecule has 0 saturated heterocycles. The smallest absolute Gasteiger partial charge is 0.416 e. The van der Waals surface area contributed by atoms with Gasteiger partial charge in [-0.3, -0.25) is 14.9 Å². The predicted octanol–water partition coefficient (Wildman–Crippen LogP) is 10.2. The van der Waals surface area contributed by atoms with Crippen LogP contribution >= 0.6 is 7.60 Å². The Morgan fingerprint density at radius 2 is 1.22 bits per heavy atom. The van der Waals surface area contributed by atoms with Crippen molar-refractivity contribution in [3.63, 3.8) is 0 Å². The Hall–Kier alpha value is -4.42. The van der Waals surface area contributed by atoms with E-state index in [4.69, 9.17) is 9.05 Å². The molecule has 1 N–H and O–H groups in total. The highest BCUT2D eigenvalue weighted by molar-refractivity contribution is 7.54. The maximum absolute atomic E-state index is 13.6. The number of allylic oxidation sites excluding steroid dienone is 12. The fraction of sp³-hybridized carbons (Fsp3) is 0.324. The number of non-ortho nitro benzene ring substituents is 1. The van der Waals surface area contributed by atoms with Gasteiger partial charge in [0.15, 0.2) is 0 Å². The summed E-state index contributed by atoms with van der Waals surface area (Å²) in [4.78, 5) is 22.7. The number of nitro groups is 1. The van der Waals surface area contributed by atoms with E-state index in [0.29, 0.717) is 31.6 Å². The predicted molar refractivity (Wildman–Crippen MR) is 188 cm³/mol. The van der Waals surface area contributed by atoms with Crippen molar-refractivity contribution in [3.8, 4) is 11.5 Å². The van der Waals surface area contributed by atoms with E-state index in [0.717, 1.165) is 38.5 Å². The van der Waals surface area contributed by atoms with E-state index in [2.05, 4.69) is 79.1 Å². The molecule has 0 bridgehead atoms. The molecule has 2 rings (SSSR count). The third kappa shape index (κ3) is 18.4. The second-order valence-electron chi connectivity index (χ2n) is 10.2. The van der Waals surface area contributed by atoms with Crippen molar-refractivity contribution in [2.24, 2.45) is 0 Å². The zero-order valence-electron chi connectivity index (χ0n) is 26.7. The summed E-state index contributed by atoms with van der Waals surface area (Å²) in [6.45, 7) is 2.45. The number of para-hydroxylation sites is 1. The number of rotatable bonds is 23. The lowest BCUT2D eigenvalue weighted by Gasteiger charge is -2.20. The molecule has 0 heterocycles. The third-order valence-electron chi connectivity index (χ3n) is 6.35. The minimum atomic E-state index is -3.67. The molecule has 8 nitrogen and oxygen atoms in total. The van der Waals surface area contributed by atoms with Gasteiger partial charge in [-0.25, -0.2) is 4.57 Å². The minimum Gasteiger partial charge on any atom is -0.416 e. The first-order valence-electron chi connectivity index (χ1n) is 15.9. The molecule has 246 valence electrons. The Balaban J connectivity index is 1.61. The molecule has 0 aliphatic heterocycles. The summed E-state index contributed by atoms with van der Waals surface area (Å²) in [7, 11) is -3.67. The van der Waals surface area contributed by atoms with Crippen molar-refractivity contribution in [2.45, 2.75) is 64.7 Å². The standard InChI is InChI=1S/C37H47N2O6P/c1-2-3-4-5-6-7-8-9-10-11-12-13-14-15-16-17-18-19-23-27-37(40)38-32-24-33-46(43,44-35-25-21-20-22-26-35)45-36-30-28-34(29-31-36)39(41)42/h3-4,6-7,9-10,12-13,15-16,18-22,25-26,28-31H,2,5,8,11,14,17,23-24,27,32-33H2,1H3,(H,38,40)/b4-3-,7-6-,10-9-,13-12-,16-15-,19-18-. The molecular weight excluding hydrogens is 599 g/mol. The van der Waals surface area contributed by atoms with Crippen molar-refractivity contribution in [2.75, 3.05) is 12.7 Å². The number of amides is 1. The number of hydrogen-bond acceptors (Lipinski definition) is 6. The Morgan fingerprint density at radius 3 is 1.72 bits per heavy atom. The second kappa shape index (κ2) is 23.9. The van der Waals surface area contributed by atoms with E-state index < -0.39 is 12.5 Å². The SMILES string of the molecule is CC/C=C\C/C=C\C/C=C\C/C=C\C/C=C\C/C=C\CCC(=O)NCCCP(=O)(Oc1ccccc1)Oc1ccc([N+](=O)[O-])cc1. The number of hydrogen-bond donors (Lipinski definition) is 1. The summed E-state index contributed by atoms with van der Waals surface area (Å²) in [5.41, 5.74) is -0.0992. The van der Waals surface area contributed by atoms with E-state index in [9.17, 15) is 19.5 Å². The minimum absolute atomic E-state index is 0.0479. The number of carbonyl (C=O) groups excluding carboxylic acids is 1. The van der Waals surface area contributed by atoms with Gasteiger partial charge >= 0.3 is 7.60 Å². The van der Waals surface area contributed by atoms with Crippen LogP contribution in [0.5, 0.6) is 11.5 Å². The van der Waals surface area contributed by atoms with Crippen LogP contribution in [-0.4, -0.2) is 23.5 Å². The van der Waals surface area contributed by atoms with Crippen LogP contribution in [0, 0.1) is 10.1 Å². The van der Waals surface area contributed by atoms with Gasteiger partial charge in [0.2, 0.25) is 5.91 Å². The molecular formula is C37H47N2O6P. The van der Waals surface area contributed by atoms with Crippen LogP contribution in [0.1, 0.15) is 64.7 Å². The van der Waals surface area contributed by atoms with Crippen molar-refractivity contribution in [1.82, 2.24) is 5.32 Å². The van der Waals surface area contributed by atoms with Crippen molar-refractivity contribution in [1.29, 1.82) is 0 Å². The van der Waals surface area contributed by atoms with E-state index in [1.165, 1.54) is 24.3 Å². The fourth-order valence-corrected chi connectivity index (χ4v) is 5.64. The van der Waals surface area contributed by atoms with Crippen LogP contribution in [0.4, 0.5) is 5.69 Å². The number of nitro benzene ring substituents is 1. The zero-order chi connectivity index (χ0) is 33.1. The van der Waals surface area contributed by atoms with Gasteiger partial charge in [-0.2, -0.15) is 0 Å². The maximum Gasteiger partial charge on any atom is 0.430 e. The Kier molecular flexibility index (Phi) is 19.6. The monoisotopic (exact) mass is 646 g/mol. The largest absolute Gasteiger partial charge is 0.430 e. The fourth-order valence-electron chi connectivity index (χ4n) is 3.98. The Labute approximate surface area is 274 Å². The highest BCUT2D eigenvalue weighted by atomic mass is 31.2. The van der Waals surface area contributed by atoms with Crippen molar-refractivity contribution >= 4 is 19.2 Å². The van der Waals surface area contributed by atoms with Gasteiger partial charge < -0.3 is 14.4 Å². The molecule has 0 saturated carbocycles. The summed E-state index contributed by atoms with van der Waals surface area (Å²) in [6.07, 6.45) is 32.9. The summed E-state index contributed by atoms with van der Waals surface area (Å²) in [5, 5.41) is 13.8. The molecule has 0 aliphatic rings. The first-order valence-corrected chi connectivity index (χ1v) is 17.6. The van der Waals surface area contributed by atoms with E-state index >= 15 is 0 Å². The lowest BCUT2D eigenvalue weighted by molar-refractivity contribution is -0.384. The lowest BCUT2D eigenvalue weighted by atomic mass is 10.2. The normalized spacial score (nSPS) is 13.4. The molecule has 0 radical (unpaired) electrons. The van der Waals surface area contributed by atoms with Crippen molar-refractivity contribution in [3.05, 3.63) is 138 Å². The highest BCUT2D eigenvalue weighted by Gasteiger charge is 2.28. The van der Waals surface area contributed by atoms with E-state index in [1.807, 2.05) is 12.1 Å². The van der Waals surface area contributed by atoms with Gasteiger partial charge in [-0.05, 0) is 75.6 Å². The van der Waals surface area contributed by atoms with Crippen LogP contribution in [0.25, 0.3) is 0 Å². The number of carbonyl (C=O) groups is 1. The molecule has 1 amide bonds. The maximum atomic E-state index is 13.6. The first-order chi connectivity index (χ1) is 22.4. The average Bonchev–Trinajstić information content (AvgIpc) is 3.05. The number of nitrogens with zero attached hydrogens (tertiary/aromatic N) is 1. The molecule has 2 aromatic carbocycles. The van der Waals surface area contributed by atoms with E-state index in [1.54, 1.807) is 24.3 Å². The third-order valence-corrected chi connectivity index (χ3v) is 8.19. The van der Waals surface area contributed by atoms with E-state index in [-0.39, 0.29) is 23.5 Å². The quantitative estimate of drug-likeness (QED) is 0.0423. The number of benzene rings is 2. The molecule has 0 aliphatic carbocycles. The summed E-state index contributed by atoms with van der Waals surface area (Å²) >= 11 is 0. The van der Waals surface area contributed by atoms with Gasteiger partial charge in [-0.15, -0.1) is 0 Å². The molecule has 2 aromatic rings. The van der Waals surface area contributed by atoms with Gasteiger partial charge in [0.25, 0.3) is 5.69 Å². The van der Waals surface area contributed by atoms with Crippen molar-refractivity contribution < 1.29 is 23.3 Å². The van der Waals surface area contributed by atoms with Gasteiger partial charge in [0.05, 0.1) is 11.1 Å². The molecule has 9 heteroatoms. The lowest BCUT2D eigenvalue weighted by Crippen LogP contribution is -2.24. The van der Waals surface area contributed by atoms with Crippen LogP contribution in [-0.2, 0) is 9.36 Å². The van der Waals surface area contributed by atoms with Crippen LogP contribution < -0.4 is 14.4 Å². The summed E-state index contributed by atoms with van der Waals surface area (Å²) < 4.78 is 25.0. The topological polar surface area (TPSA) is 108 Å². The Bertz CT molecular complexity index is 1380. The molecule has 0 aromatic heterocycles. The summed E-state index contributed by atoms with van der Waals surface area (Å²) in [5.74, 6) is 0.494. The highest BCUT2D eigenvalue weighted by Crippen LogP contribution is 2.49. The Morgan fingerprint density at radius 1 is 0.739 bits per heavy atom. The second-order valence-corrected chi connectivity index (χ2v) is 12.3. The summed E-state index contributed by atoms with van der Waals surface area (Å²) in [6, 6.07) is 14.0. The molecule has 1 unspecified atom stereocenters. The number of nitrogens with one attached hydrogen (secondary N) is 1. The van der Waals surface area contributed by atoms with Crippen LogP contribution in [0.2, 0.25) is 0 Å². The zero-order valence-corrected chi connectivity index (χ0v) is 27.6. The van der Waals surface area contributed by atoms with Crippen LogP contribution in [0.3, 0.4) is 0 Å². The van der Waals surface area contributed by atoms with Crippen LogP contribution in [0.15, 0.2) is 128 Å². The van der Waals surface area contributed by atoms with Gasteiger partial charge in [0.1, 0.15) is 11.5 Å². The molecule has 46 heavy (non-hydrogen) atoms. The molecule has 0 spiro atoms. The van der Waals surface area contributed by atoms with Gasteiger partial charge in [0, 0.05) is 25.1 Å². The van der Waals surface area contributed by atoms with Gasteiger partial charge in [-0.1, -0.05) is 98.0 Å². The first kappa shape index (κ1) is 37.8. The average molecular weight is 647 g/mol. The molecule has 0 fully saturated rings. The molecule has 1 atom stereocenters.